The number of carbonyl (C=O) groups is 2. The molecule has 0 fully saturated rings. The molecule has 18 heavy (non-hydrogen) atoms. The van der Waals surface area contributed by atoms with Gasteiger partial charge in [0.05, 0.1) is 0 Å². The lowest BCUT2D eigenvalue weighted by Gasteiger charge is -2.02. The number of hydrogen-bond acceptors (Lipinski definition) is 3. The molecule has 0 aromatic heterocycles. The Morgan fingerprint density at radius 1 is 1.17 bits per heavy atom. The first kappa shape index (κ1) is 13.9. The summed E-state index contributed by atoms with van der Waals surface area (Å²) in [7, 11) is 0. The molecular weight excluding hydrogens is 235 g/mol. The summed E-state index contributed by atoms with van der Waals surface area (Å²) in [5, 5.41) is 0. The molecule has 1 aromatic rings. The molecule has 0 aliphatic heterocycles. The van der Waals surface area contributed by atoms with Crippen molar-refractivity contribution in [1.29, 1.82) is 0 Å². The Morgan fingerprint density at radius 3 is 2.33 bits per heavy atom. The molecule has 0 saturated heterocycles. The fraction of sp³-hybridized carbons (Fsp3) is 0.231. The van der Waals surface area contributed by atoms with Gasteiger partial charge in [0.2, 0.25) is 5.78 Å². The minimum absolute atomic E-state index is 0.273. The van der Waals surface area contributed by atoms with E-state index in [4.69, 9.17) is 11.5 Å². The molecule has 0 unspecified atom stereocenters. The van der Waals surface area contributed by atoms with E-state index in [0.29, 0.717) is 18.5 Å². The first-order valence-corrected chi connectivity index (χ1v) is 5.53. The highest BCUT2D eigenvalue weighted by Gasteiger charge is 2.05. The van der Waals surface area contributed by atoms with Gasteiger partial charge in [-0.25, -0.2) is 4.39 Å². The molecule has 0 heterocycles. The van der Waals surface area contributed by atoms with Gasteiger partial charge in [0.1, 0.15) is 5.82 Å². The van der Waals surface area contributed by atoms with Crippen LogP contribution in [0.25, 0.3) is 0 Å². The maximum Gasteiger partial charge on any atom is 0.289 e. The second-order valence-electron chi connectivity index (χ2n) is 3.93. The van der Waals surface area contributed by atoms with Gasteiger partial charge in [-0.1, -0.05) is 12.1 Å². The van der Waals surface area contributed by atoms with Crippen molar-refractivity contribution in [2.75, 3.05) is 0 Å². The van der Waals surface area contributed by atoms with E-state index in [1.165, 1.54) is 12.1 Å². The molecule has 1 rings (SSSR count). The van der Waals surface area contributed by atoms with Crippen LogP contribution >= 0.6 is 0 Å². The Labute approximate surface area is 104 Å². The largest absolute Gasteiger partial charge is 0.402 e. The number of nitrogens with two attached hydrogens (primary N) is 2. The zero-order chi connectivity index (χ0) is 13.5. The summed E-state index contributed by atoms with van der Waals surface area (Å²) < 4.78 is 12.6. The van der Waals surface area contributed by atoms with Gasteiger partial charge in [-0.2, -0.15) is 0 Å². The third-order valence-corrected chi connectivity index (χ3v) is 2.40. The average molecular weight is 250 g/mol. The lowest BCUT2D eigenvalue weighted by Crippen LogP contribution is -2.22. The van der Waals surface area contributed by atoms with Crippen LogP contribution in [0, 0.1) is 5.82 Å². The number of allylic oxidation sites excluding steroid dienone is 1. The van der Waals surface area contributed by atoms with Crippen molar-refractivity contribution < 1.29 is 14.0 Å². The zero-order valence-corrected chi connectivity index (χ0v) is 9.86. The van der Waals surface area contributed by atoms with Gasteiger partial charge >= 0.3 is 0 Å². The molecular formula is C13H15FN2O2. The fourth-order valence-corrected chi connectivity index (χ4v) is 1.46. The molecule has 5 heteroatoms. The van der Waals surface area contributed by atoms with Gasteiger partial charge in [-0.05, 0) is 37.0 Å². The third-order valence-electron chi connectivity index (χ3n) is 2.40. The Morgan fingerprint density at radius 2 is 1.78 bits per heavy atom. The Bertz CT molecular complexity index is 466. The molecule has 4 nitrogen and oxygen atoms in total. The van der Waals surface area contributed by atoms with Crippen LogP contribution in [0.5, 0.6) is 0 Å². The number of hydrogen-bond donors (Lipinski definition) is 2. The minimum atomic E-state index is -1.02. The van der Waals surface area contributed by atoms with Crippen LogP contribution in [0.2, 0.25) is 0 Å². The van der Waals surface area contributed by atoms with E-state index >= 15 is 0 Å². The maximum atomic E-state index is 12.6. The van der Waals surface area contributed by atoms with Crippen molar-refractivity contribution in [3.63, 3.8) is 0 Å². The van der Waals surface area contributed by atoms with E-state index in [9.17, 15) is 14.0 Å². The van der Waals surface area contributed by atoms with E-state index in [-0.39, 0.29) is 5.82 Å². The van der Waals surface area contributed by atoms with E-state index in [0.717, 1.165) is 18.1 Å². The number of aryl methyl sites for hydroxylation is 1. The number of ketones is 1. The highest BCUT2D eigenvalue weighted by atomic mass is 19.1. The predicted molar refractivity (Wildman–Crippen MR) is 65.8 cm³/mol. The van der Waals surface area contributed by atoms with Gasteiger partial charge in [-0.3, -0.25) is 9.59 Å². The lowest BCUT2D eigenvalue weighted by molar-refractivity contribution is -0.133. The molecule has 0 radical (unpaired) electrons. The molecule has 0 aliphatic carbocycles. The minimum Gasteiger partial charge on any atom is -0.402 e. The lowest BCUT2D eigenvalue weighted by atomic mass is 10.1. The SMILES string of the molecule is NC(=O)C(=O)/C=C(\N)CCCc1ccc(F)cc1. The monoisotopic (exact) mass is 250 g/mol. The standard InChI is InChI=1S/C13H15FN2O2/c14-10-6-4-9(5-7-10)2-1-3-11(15)8-12(17)13(16)18/h4-8H,1-3,15H2,(H2,16,18)/b11-8-. The van der Waals surface area contributed by atoms with Crippen LogP contribution in [0.4, 0.5) is 4.39 Å². The number of benzene rings is 1. The predicted octanol–water partition coefficient (Wildman–Crippen LogP) is 1.05. The third kappa shape index (κ3) is 4.78. The van der Waals surface area contributed by atoms with Crippen LogP contribution in [0.3, 0.4) is 0 Å². The number of carbonyl (C=O) groups excluding carboxylic acids is 2. The molecule has 0 aliphatic rings. The van der Waals surface area contributed by atoms with Gasteiger partial charge in [0, 0.05) is 11.8 Å². The van der Waals surface area contributed by atoms with Crippen molar-refractivity contribution in [3.8, 4) is 0 Å². The maximum absolute atomic E-state index is 12.6. The van der Waals surface area contributed by atoms with Gasteiger partial charge in [0.15, 0.2) is 0 Å². The summed E-state index contributed by atoms with van der Waals surface area (Å²) in [6.45, 7) is 0. The van der Waals surface area contributed by atoms with Crippen LogP contribution in [0.1, 0.15) is 18.4 Å². The summed E-state index contributed by atoms with van der Waals surface area (Å²) in [5.41, 5.74) is 11.7. The summed E-state index contributed by atoms with van der Waals surface area (Å²) in [6, 6.07) is 6.18. The van der Waals surface area contributed by atoms with Crippen molar-refractivity contribution in [2.45, 2.75) is 19.3 Å². The highest BCUT2D eigenvalue weighted by molar-refractivity contribution is 6.40. The Hall–Kier alpha value is -2.17. The molecule has 96 valence electrons. The smallest absolute Gasteiger partial charge is 0.289 e. The molecule has 1 amide bonds. The quantitative estimate of drug-likeness (QED) is 0.584. The second kappa shape index (κ2) is 6.54. The molecule has 0 atom stereocenters. The Balaban J connectivity index is 2.40. The van der Waals surface area contributed by atoms with E-state index in [1.807, 2.05) is 0 Å². The molecule has 4 N–H and O–H groups in total. The summed E-state index contributed by atoms with van der Waals surface area (Å²) in [4.78, 5) is 21.5. The molecule has 0 saturated carbocycles. The van der Waals surface area contributed by atoms with Crippen LogP contribution in [-0.2, 0) is 16.0 Å². The van der Waals surface area contributed by atoms with Crippen LogP contribution in [-0.4, -0.2) is 11.7 Å². The van der Waals surface area contributed by atoms with Crippen molar-refractivity contribution >= 4 is 11.7 Å². The van der Waals surface area contributed by atoms with E-state index in [2.05, 4.69) is 0 Å². The number of halogens is 1. The van der Waals surface area contributed by atoms with Crippen molar-refractivity contribution in [3.05, 3.63) is 47.4 Å². The van der Waals surface area contributed by atoms with Crippen molar-refractivity contribution in [2.24, 2.45) is 11.5 Å². The van der Waals surface area contributed by atoms with Crippen LogP contribution < -0.4 is 11.5 Å². The molecule has 1 aromatic carbocycles. The van der Waals surface area contributed by atoms with Crippen LogP contribution in [0.15, 0.2) is 36.0 Å². The fourth-order valence-electron chi connectivity index (χ4n) is 1.46. The summed E-state index contributed by atoms with van der Waals surface area (Å²) >= 11 is 0. The first-order valence-electron chi connectivity index (χ1n) is 5.53. The van der Waals surface area contributed by atoms with E-state index in [1.54, 1.807) is 12.1 Å². The summed E-state index contributed by atoms with van der Waals surface area (Å²) in [5.74, 6) is -2.09. The summed E-state index contributed by atoms with van der Waals surface area (Å²) in [6.07, 6.45) is 2.96. The highest BCUT2D eigenvalue weighted by Crippen LogP contribution is 2.08. The van der Waals surface area contributed by atoms with Gasteiger partial charge < -0.3 is 11.5 Å². The van der Waals surface area contributed by atoms with Gasteiger partial charge in [0.25, 0.3) is 5.91 Å². The number of amides is 1. The molecule has 0 spiro atoms. The normalized spacial score (nSPS) is 11.3. The Kier molecular flexibility index (Phi) is 5.05. The first-order chi connectivity index (χ1) is 8.49. The number of primary amides is 1. The molecule has 0 bridgehead atoms. The average Bonchev–Trinajstić information content (AvgIpc) is 2.31. The van der Waals surface area contributed by atoms with Crippen molar-refractivity contribution in [1.82, 2.24) is 0 Å². The van der Waals surface area contributed by atoms with E-state index < -0.39 is 11.7 Å². The zero-order valence-electron chi connectivity index (χ0n) is 9.86. The van der Waals surface area contributed by atoms with Gasteiger partial charge in [-0.15, -0.1) is 0 Å². The number of rotatable bonds is 6. The topological polar surface area (TPSA) is 86.2 Å². The second-order valence-corrected chi connectivity index (χ2v) is 3.93.